The third-order valence-electron chi connectivity index (χ3n) is 2.77. The van der Waals surface area contributed by atoms with Crippen LogP contribution in [-0.4, -0.2) is 18.6 Å². The van der Waals surface area contributed by atoms with Crippen molar-refractivity contribution in [2.45, 2.75) is 19.9 Å². The summed E-state index contributed by atoms with van der Waals surface area (Å²) >= 11 is 0. The van der Waals surface area contributed by atoms with E-state index >= 15 is 0 Å². The highest BCUT2D eigenvalue weighted by Crippen LogP contribution is 2.27. The number of oxazole rings is 1. The number of methoxy groups -OCH3 is 1. The first-order valence-corrected chi connectivity index (χ1v) is 6.23. The van der Waals surface area contributed by atoms with Gasteiger partial charge in [0.15, 0.2) is 23.7 Å². The molecule has 4 nitrogen and oxygen atoms in total. The van der Waals surface area contributed by atoms with Crippen molar-refractivity contribution < 1.29 is 13.5 Å². The van der Waals surface area contributed by atoms with Crippen molar-refractivity contribution >= 4 is 0 Å². The van der Waals surface area contributed by atoms with E-state index < -0.39 is 5.82 Å². The van der Waals surface area contributed by atoms with Gasteiger partial charge in [0.1, 0.15) is 5.69 Å². The van der Waals surface area contributed by atoms with Crippen LogP contribution in [0.5, 0.6) is 5.75 Å². The van der Waals surface area contributed by atoms with Crippen LogP contribution >= 0.6 is 0 Å². The van der Waals surface area contributed by atoms with Crippen molar-refractivity contribution in [2.75, 3.05) is 13.7 Å². The van der Waals surface area contributed by atoms with Crippen LogP contribution in [0.2, 0.25) is 0 Å². The number of nitrogens with one attached hydrogen (secondary N) is 1. The van der Waals surface area contributed by atoms with Crippen LogP contribution in [0.3, 0.4) is 0 Å². The summed E-state index contributed by atoms with van der Waals surface area (Å²) in [5, 5.41) is 3.24. The van der Waals surface area contributed by atoms with Gasteiger partial charge in [-0.2, -0.15) is 0 Å². The van der Waals surface area contributed by atoms with Gasteiger partial charge in [0.25, 0.3) is 0 Å². The molecule has 0 atom stereocenters. The minimum absolute atomic E-state index is 0.217. The zero-order chi connectivity index (χ0) is 13.7. The van der Waals surface area contributed by atoms with E-state index in [2.05, 4.69) is 17.2 Å². The number of benzene rings is 1. The third-order valence-corrected chi connectivity index (χ3v) is 2.77. The zero-order valence-electron chi connectivity index (χ0n) is 11.1. The van der Waals surface area contributed by atoms with Crippen molar-refractivity contribution in [3.05, 3.63) is 36.1 Å². The van der Waals surface area contributed by atoms with Crippen molar-refractivity contribution in [3.63, 3.8) is 0 Å². The van der Waals surface area contributed by atoms with E-state index in [1.54, 1.807) is 12.1 Å². The molecular weight excluding hydrogens is 247 g/mol. The number of nitrogens with zero attached hydrogens (tertiary/aromatic N) is 1. The molecule has 0 unspecified atom stereocenters. The van der Waals surface area contributed by atoms with E-state index in [0.29, 0.717) is 17.9 Å². The second kappa shape index (κ2) is 6.33. The zero-order valence-corrected chi connectivity index (χ0v) is 11.1. The van der Waals surface area contributed by atoms with Gasteiger partial charge in [-0.1, -0.05) is 6.92 Å². The Hall–Kier alpha value is -1.88. The summed E-state index contributed by atoms with van der Waals surface area (Å²) < 4.78 is 23.9. The Labute approximate surface area is 111 Å². The predicted molar refractivity (Wildman–Crippen MR) is 70.4 cm³/mol. The van der Waals surface area contributed by atoms with Crippen LogP contribution in [0.15, 0.2) is 29.0 Å². The lowest BCUT2D eigenvalue weighted by molar-refractivity contribution is 0.386. The quantitative estimate of drug-likeness (QED) is 0.815. The summed E-state index contributed by atoms with van der Waals surface area (Å²) in [7, 11) is 1.44. The molecule has 0 amide bonds. The maximum atomic E-state index is 13.7. The third kappa shape index (κ3) is 3.12. The molecule has 0 spiro atoms. The molecule has 1 aromatic heterocycles. The fraction of sp³-hybridized carbons (Fsp3) is 0.357. The molecule has 2 rings (SSSR count). The first-order valence-electron chi connectivity index (χ1n) is 6.23. The molecule has 1 N–H and O–H groups in total. The van der Waals surface area contributed by atoms with Gasteiger partial charge in [0.2, 0.25) is 0 Å². The minimum atomic E-state index is -0.413. The van der Waals surface area contributed by atoms with Gasteiger partial charge < -0.3 is 14.5 Å². The summed E-state index contributed by atoms with van der Waals surface area (Å²) in [6, 6.07) is 4.73. The molecule has 0 fully saturated rings. The Kier molecular flexibility index (Phi) is 4.52. The Balaban J connectivity index is 2.22. The molecule has 1 aromatic carbocycles. The number of ether oxygens (including phenoxy) is 1. The molecule has 0 radical (unpaired) electrons. The monoisotopic (exact) mass is 264 g/mol. The molecule has 0 saturated carbocycles. The molecule has 0 bridgehead atoms. The van der Waals surface area contributed by atoms with E-state index in [-0.39, 0.29) is 5.75 Å². The first-order chi connectivity index (χ1) is 9.26. The average Bonchev–Trinajstić information content (AvgIpc) is 2.87. The molecule has 0 aliphatic carbocycles. The van der Waals surface area contributed by atoms with Crippen LogP contribution < -0.4 is 10.1 Å². The molecule has 0 aliphatic heterocycles. The maximum Gasteiger partial charge on any atom is 0.181 e. The molecule has 2 aromatic rings. The number of halogens is 1. The lowest BCUT2D eigenvalue weighted by Gasteiger charge is -2.05. The Morgan fingerprint density at radius 2 is 2.26 bits per heavy atom. The Morgan fingerprint density at radius 1 is 1.42 bits per heavy atom. The molecule has 102 valence electrons. The lowest BCUT2D eigenvalue weighted by Crippen LogP contribution is -2.14. The summed E-state index contributed by atoms with van der Waals surface area (Å²) in [6.45, 7) is 3.60. The van der Waals surface area contributed by atoms with Crippen LogP contribution in [0, 0.1) is 5.82 Å². The highest BCUT2D eigenvalue weighted by atomic mass is 19.1. The number of hydrogen-bond donors (Lipinski definition) is 1. The largest absolute Gasteiger partial charge is 0.494 e. The van der Waals surface area contributed by atoms with Gasteiger partial charge in [-0.3, -0.25) is 0 Å². The van der Waals surface area contributed by atoms with Crippen LogP contribution in [-0.2, 0) is 6.54 Å². The summed E-state index contributed by atoms with van der Waals surface area (Å²) in [5.74, 6) is 0.392. The normalized spacial score (nSPS) is 10.7. The predicted octanol–water partition coefficient (Wildman–Crippen LogP) is 2.99. The van der Waals surface area contributed by atoms with Gasteiger partial charge in [0.05, 0.1) is 7.11 Å². The topological polar surface area (TPSA) is 47.3 Å². The summed E-state index contributed by atoms with van der Waals surface area (Å²) in [5.41, 5.74) is 1.43. The molecule has 1 heterocycles. The second-order valence-corrected chi connectivity index (χ2v) is 4.15. The minimum Gasteiger partial charge on any atom is -0.494 e. The maximum absolute atomic E-state index is 13.7. The fourth-order valence-corrected chi connectivity index (χ4v) is 1.82. The smallest absolute Gasteiger partial charge is 0.181 e. The molecule has 0 aliphatic rings. The second-order valence-electron chi connectivity index (χ2n) is 4.15. The van der Waals surface area contributed by atoms with Gasteiger partial charge >= 0.3 is 0 Å². The van der Waals surface area contributed by atoms with Gasteiger partial charge in [-0.15, -0.1) is 0 Å². The summed E-state index contributed by atoms with van der Waals surface area (Å²) in [6.07, 6.45) is 2.42. The van der Waals surface area contributed by atoms with E-state index in [4.69, 9.17) is 9.15 Å². The highest BCUT2D eigenvalue weighted by molar-refractivity contribution is 5.61. The average molecular weight is 264 g/mol. The molecule has 5 heteroatoms. The molecular formula is C14H17FN2O2. The van der Waals surface area contributed by atoms with Crippen LogP contribution in [0.25, 0.3) is 11.3 Å². The standard InChI is InChI=1S/C14H17FN2O2/c1-3-6-16-8-12-14(19-9-17-12)10-4-5-13(18-2)11(15)7-10/h4-5,7,9,16H,3,6,8H2,1-2H3. The van der Waals surface area contributed by atoms with E-state index in [9.17, 15) is 4.39 Å². The van der Waals surface area contributed by atoms with Crippen molar-refractivity contribution in [3.8, 4) is 17.1 Å². The van der Waals surface area contributed by atoms with Crippen molar-refractivity contribution in [2.24, 2.45) is 0 Å². The molecule has 0 saturated heterocycles. The van der Waals surface area contributed by atoms with Crippen molar-refractivity contribution in [1.82, 2.24) is 10.3 Å². The SMILES string of the molecule is CCCNCc1ncoc1-c1ccc(OC)c(F)c1. The van der Waals surface area contributed by atoms with Crippen molar-refractivity contribution in [1.29, 1.82) is 0 Å². The number of rotatable bonds is 6. The first kappa shape index (κ1) is 13.5. The van der Waals surface area contributed by atoms with Gasteiger partial charge in [-0.05, 0) is 31.2 Å². The van der Waals surface area contributed by atoms with Crippen LogP contribution in [0.1, 0.15) is 19.0 Å². The van der Waals surface area contributed by atoms with Gasteiger partial charge in [0, 0.05) is 12.1 Å². The van der Waals surface area contributed by atoms with E-state index in [1.807, 2.05) is 0 Å². The van der Waals surface area contributed by atoms with Crippen LogP contribution in [0.4, 0.5) is 4.39 Å². The lowest BCUT2D eigenvalue weighted by atomic mass is 10.1. The fourth-order valence-electron chi connectivity index (χ4n) is 1.82. The number of aromatic nitrogens is 1. The highest BCUT2D eigenvalue weighted by Gasteiger charge is 2.13. The summed E-state index contributed by atoms with van der Waals surface area (Å²) in [4.78, 5) is 4.15. The number of hydrogen-bond acceptors (Lipinski definition) is 4. The Morgan fingerprint density at radius 3 is 2.95 bits per heavy atom. The van der Waals surface area contributed by atoms with Gasteiger partial charge in [-0.25, -0.2) is 9.37 Å². The Bertz CT molecular complexity index is 540. The molecule has 19 heavy (non-hydrogen) atoms. The van der Waals surface area contributed by atoms with E-state index in [1.165, 1.54) is 19.6 Å². The van der Waals surface area contributed by atoms with E-state index in [0.717, 1.165) is 18.7 Å².